The number of nitrogens with two attached hydrogens (primary N) is 1. The zero-order valence-corrected chi connectivity index (χ0v) is 17.0. The number of hydrogen-bond donors (Lipinski definition) is 1. The highest BCUT2D eigenvalue weighted by molar-refractivity contribution is 6.00. The summed E-state index contributed by atoms with van der Waals surface area (Å²) in [4.78, 5) is 17.3. The van der Waals surface area contributed by atoms with Gasteiger partial charge in [-0.2, -0.15) is 0 Å². The van der Waals surface area contributed by atoms with Gasteiger partial charge in [-0.1, -0.05) is 43.7 Å². The number of amidine groups is 1. The molecule has 2 N–H and O–H groups in total. The number of carbonyl (C=O) groups excluding carboxylic acids is 1. The molecule has 0 spiro atoms. The van der Waals surface area contributed by atoms with Crippen LogP contribution in [0, 0.1) is 17.6 Å². The molecule has 3 rings (SSSR count). The summed E-state index contributed by atoms with van der Waals surface area (Å²) < 4.78 is 26.9. The van der Waals surface area contributed by atoms with E-state index in [1.165, 1.54) is 12.1 Å². The second-order valence-corrected chi connectivity index (χ2v) is 8.34. The Morgan fingerprint density at radius 2 is 1.69 bits per heavy atom. The van der Waals surface area contributed by atoms with E-state index in [2.05, 4.69) is 18.8 Å². The molecule has 29 heavy (non-hydrogen) atoms. The van der Waals surface area contributed by atoms with Crippen molar-refractivity contribution in [2.75, 3.05) is 0 Å². The van der Waals surface area contributed by atoms with Crippen LogP contribution in [0.25, 0.3) is 11.1 Å². The highest BCUT2D eigenvalue weighted by Crippen LogP contribution is 2.29. The highest BCUT2D eigenvalue weighted by Gasteiger charge is 2.35. The van der Waals surface area contributed by atoms with Gasteiger partial charge in [0.1, 0.15) is 23.0 Å². The van der Waals surface area contributed by atoms with Crippen LogP contribution in [0.2, 0.25) is 0 Å². The molecule has 0 amide bonds. The Morgan fingerprint density at radius 1 is 1.07 bits per heavy atom. The summed E-state index contributed by atoms with van der Waals surface area (Å²) in [6.07, 6.45) is 3.33. The molecule has 0 aliphatic carbocycles. The average molecular weight is 396 g/mol. The maximum absolute atomic E-state index is 13.5. The fourth-order valence-corrected chi connectivity index (χ4v) is 3.90. The molecule has 152 valence electrons. The Labute approximate surface area is 170 Å². The molecule has 1 atom stereocenters. The van der Waals surface area contributed by atoms with E-state index in [0.717, 1.165) is 22.8 Å². The van der Waals surface area contributed by atoms with Gasteiger partial charge in [-0.25, -0.2) is 8.78 Å². The van der Waals surface area contributed by atoms with E-state index in [1.54, 1.807) is 6.08 Å². The molecule has 1 aliphatic heterocycles. The number of hydrogen-bond acceptors (Lipinski definition) is 3. The third kappa shape index (κ3) is 5.17. The van der Waals surface area contributed by atoms with Crippen molar-refractivity contribution in [3.63, 3.8) is 0 Å². The molecule has 0 bridgehead atoms. The minimum Gasteiger partial charge on any atom is -0.384 e. The van der Waals surface area contributed by atoms with Crippen LogP contribution in [0.15, 0.2) is 59.1 Å². The summed E-state index contributed by atoms with van der Waals surface area (Å²) in [5.74, 6) is -0.427. The second-order valence-electron chi connectivity index (χ2n) is 8.34. The summed E-state index contributed by atoms with van der Waals surface area (Å²) in [6.45, 7) is 5.98. The Bertz CT molecular complexity index is 957. The molecule has 2 aromatic carbocycles. The van der Waals surface area contributed by atoms with Crippen molar-refractivity contribution < 1.29 is 13.6 Å². The van der Waals surface area contributed by atoms with Gasteiger partial charge in [-0.15, -0.1) is 0 Å². The van der Waals surface area contributed by atoms with E-state index in [4.69, 9.17) is 5.73 Å². The third-order valence-corrected chi connectivity index (χ3v) is 5.10. The first-order chi connectivity index (χ1) is 13.6. The number of halogens is 2. The monoisotopic (exact) mass is 396 g/mol. The van der Waals surface area contributed by atoms with Crippen molar-refractivity contribution in [3.05, 3.63) is 71.3 Å². The van der Waals surface area contributed by atoms with E-state index in [9.17, 15) is 13.6 Å². The van der Waals surface area contributed by atoms with Crippen LogP contribution in [0.5, 0.6) is 0 Å². The molecule has 2 aromatic rings. The Kier molecular flexibility index (Phi) is 5.96. The zero-order valence-electron chi connectivity index (χ0n) is 17.0. The first kappa shape index (κ1) is 20.9. The lowest BCUT2D eigenvalue weighted by Gasteiger charge is -2.25. The number of Topliss-reactive ketones (excluding diaryl/α,β-unsaturated/α-hetero) is 1. The maximum atomic E-state index is 13.5. The Hall–Kier alpha value is -2.82. The fourth-order valence-electron chi connectivity index (χ4n) is 3.90. The van der Waals surface area contributed by atoms with Gasteiger partial charge in [0.2, 0.25) is 0 Å². The molecule has 1 heterocycles. The molecule has 5 heteroatoms. The molecule has 0 radical (unpaired) electrons. The van der Waals surface area contributed by atoms with E-state index in [0.29, 0.717) is 36.6 Å². The average Bonchev–Trinajstić information content (AvgIpc) is 2.69. The number of allylic oxidation sites excluding steroid dienone is 1. The second kappa shape index (κ2) is 8.27. The van der Waals surface area contributed by atoms with Gasteiger partial charge >= 0.3 is 0 Å². The highest BCUT2D eigenvalue weighted by atomic mass is 19.1. The number of carbonyl (C=O) groups is 1. The SMILES string of the molecule is CC(C)CC1(C)N=C(N)C=C(Cc2ccc(-c3cc(F)cc(F)c3)cc2)CC1=O. The van der Waals surface area contributed by atoms with Crippen LogP contribution < -0.4 is 5.73 Å². The summed E-state index contributed by atoms with van der Waals surface area (Å²) in [5, 5.41) is 0. The van der Waals surface area contributed by atoms with E-state index < -0.39 is 17.2 Å². The topological polar surface area (TPSA) is 55.4 Å². The maximum Gasteiger partial charge on any atom is 0.164 e. The van der Waals surface area contributed by atoms with Crippen molar-refractivity contribution in [2.24, 2.45) is 16.6 Å². The van der Waals surface area contributed by atoms with E-state index in [-0.39, 0.29) is 5.78 Å². The molecular formula is C24H26F2N2O. The molecule has 0 aromatic heterocycles. The number of benzene rings is 2. The predicted molar refractivity (Wildman–Crippen MR) is 113 cm³/mol. The molecular weight excluding hydrogens is 370 g/mol. The molecule has 3 nitrogen and oxygen atoms in total. The van der Waals surface area contributed by atoms with Crippen molar-refractivity contribution in [1.82, 2.24) is 0 Å². The molecule has 0 saturated carbocycles. The van der Waals surface area contributed by atoms with Crippen LogP contribution in [-0.4, -0.2) is 17.2 Å². The lowest BCUT2D eigenvalue weighted by Crippen LogP contribution is -2.36. The Morgan fingerprint density at radius 3 is 2.28 bits per heavy atom. The van der Waals surface area contributed by atoms with Crippen LogP contribution in [0.3, 0.4) is 0 Å². The minimum atomic E-state index is -0.790. The lowest BCUT2D eigenvalue weighted by molar-refractivity contribution is -0.123. The largest absolute Gasteiger partial charge is 0.384 e. The standard InChI is InChI=1S/C24H26F2N2O/c1-15(2)14-24(3)22(29)9-17(10-23(27)28-24)8-16-4-6-18(7-5-16)19-11-20(25)13-21(26)12-19/h4-7,10-13,15H,8-9,14H2,1-3H3,(H2,27,28). The summed E-state index contributed by atoms with van der Waals surface area (Å²) in [7, 11) is 0. The quantitative estimate of drug-likeness (QED) is 0.752. The van der Waals surface area contributed by atoms with Crippen molar-refractivity contribution in [1.29, 1.82) is 0 Å². The molecule has 0 saturated heterocycles. The van der Waals surface area contributed by atoms with Gasteiger partial charge in [0, 0.05) is 12.5 Å². The summed E-state index contributed by atoms with van der Waals surface area (Å²) in [5.41, 5.74) is 8.39. The van der Waals surface area contributed by atoms with Gasteiger partial charge in [-0.05, 0) is 60.6 Å². The van der Waals surface area contributed by atoms with Crippen molar-refractivity contribution in [2.45, 2.75) is 45.6 Å². The smallest absolute Gasteiger partial charge is 0.164 e. The zero-order chi connectivity index (χ0) is 21.2. The predicted octanol–water partition coefficient (Wildman–Crippen LogP) is 5.24. The molecule has 1 aliphatic rings. The first-order valence-corrected chi connectivity index (χ1v) is 9.78. The van der Waals surface area contributed by atoms with E-state index in [1.807, 2.05) is 31.2 Å². The number of aliphatic imine (C=N–C) groups is 1. The van der Waals surface area contributed by atoms with Crippen LogP contribution >= 0.6 is 0 Å². The summed E-state index contributed by atoms with van der Waals surface area (Å²) in [6, 6.07) is 10.9. The van der Waals surface area contributed by atoms with Crippen LogP contribution in [-0.2, 0) is 11.2 Å². The number of nitrogens with zero attached hydrogens (tertiary/aromatic N) is 1. The number of rotatable bonds is 5. The third-order valence-electron chi connectivity index (χ3n) is 5.10. The van der Waals surface area contributed by atoms with Crippen molar-refractivity contribution >= 4 is 11.6 Å². The molecule has 0 fully saturated rings. The number of ketones is 1. The van der Waals surface area contributed by atoms with Gasteiger partial charge in [-0.3, -0.25) is 9.79 Å². The fraction of sp³-hybridized carbons (Fsp3) is 0.333. The Balaban J connectivity index is 1.77. The minimum absolute atomic E-state index is 0.0738. The van der Waals surface area contributed by atoms with Crippen LogP contribution in [0.4, 0.5) is 8.78 Å². The van der Waals surface area contributed by atoms with Gasteiger partial charge in [0.25, 0.3) is 0 Å². The van der Waals surface area contributed by atoms with Crippen LogP contribution in [0.1, 0.15) is 39.2 Å². The molecule has 1 unspecified atom stereocenters. The van der Waals surface area contributed by atoms with Gasteiger partial charge in [0.05, 0.1) is 0 Å². The van der Waals surface area contributed by atoms with Gasteiger partial charge < -0.3 is 5.73 Å². The first-order valence-electron chi connectivity index (χ1n) is 9.78. The van der Waals surface area contributed by atoms with E-state index >= 15 is 0 Å². The normalized spacial score (nSPS) is 19.7. The summed E-state index contributed by atoms with van der Waals surface area (Å²) >= 11 is 0. The van der Waals surface area contributed by atoms with Crippen molar-refractivity contribution in [3.8, 4) is 11.1 Å². The lowest BCUT2D eigenvalue weighted by atomic mass is 9.84. The van der Waals surface area contributed by atoms with Gasteiger partial charge in [0.15, 0.2) is 5.78 Å².